The molecule has 0 saturated carbocycles. The average molecular weight is 421 g/mol. The van der Waals surface area contributed by atoms with Crippen LogP contribution in [0.5, 0.6) is 11.5 Å². The van der Waals surface area contributed by atoms with Crippen LogP contribution in [0.4, 0.5) is 8.78 Å². The first-order valence-electron chi connectivity index (χ1n) is 9.66. The minimum atomic E-state index is -2.94. The Bertz CT molecular complexity index is 965. The van der Waals surface area contributed by atoms with Crippen molar-refractivity contribution in [3.63, 3.8) is 0 Å². The monoisotopic (exact) mass is 421 g/mol. The minimum Gasteiger partial charge on any atom is -0.493 e. The van der Waals surface area contributed by atoms with E-state index in [1.807, 2.05) is 13.8 Å². The Hall–Kier alpha value is -2.90. The summed E-state index contributed by atoms with van der Waals surface area (Å²) in [5.74, 6) is 0.471. The van der Waals surface area contributed by atoms with Crippen LogP contribution in [0.15, 0.2) is 22.6 Å². The highest BCUT2D eigenvalue weighted by Gasteiger charge is 2.37. The number of amides is 1. The maximum Gasteiger partial charge on any atom is 0.387 e. The van der Waals surface area contributed by atoms with Gasteiger partial charge in [-0.15, -0.1) is 0 Å². The molecule has 0 radical (unpaired) electrons. The van der Waals surface area contributed by atoms with Crippen LogP contribution in [0.3, 0.4) is 0 Å². The van der Waals surface area contributed by atoms with Crippen molar-refractivity contribution in [3.8, 4) is 11.5 Å². The number of methoxy groups -OCH3 is 1. The Morgan fingerprint density at radius 1 is 1.27 bits per heavy atom. The second-order valence-corrected chi connectivity index (χ2v) is 8.16. The van der Waals surface area contributed by atoms with Crippen LogP contribution in [0.1, 0.15) is 58.1 Å². The summed E-state index contributed by atoms with van der Waals surface area (Å²) in [5, 5.41) is 2.78. The highest BCUT2D eigenvalue weighted by Crippen LogP contribution is 2.38. The van der Waals surface area contributed by atoms with E-state index >= 15 is 0 Å². The predicted molar refractivity (Wildman–Crippen MR) is 106 cm³/mol. The summed E-state index contributed by atoms with van der Waals surface area (Å²) in [6, 6.07) is 4.62. The molecule has 1 amide bonds. The van der Waals surface area contributed by atoms with Crippen LogP contribution in [0.25, 0.3) is 0 Å². The first kappa shape index (κ1) is 21.8. The van der Waals surface area contributed by atoms with Crippen LogP contribution in [-0.4, -0.2) is 32.0 Å². The van der Waals surface area contributed by atoms with Gasteiger partial charge in [0.1, 0.15) is 5.76 Å². The van der Waals surface area contributed by atoms with E-state index in [9.17, 15) is 18.4 Å². The van der Waals surface area contributed by atoms with E-state index in [4.69, 9.17) is 9.15 Å². The van der Waals surface area contributed by atoms with Gasteiger partial charge in [-0.3, -0.25) is 9.59 Å². The van der Waals surface area contributed by atoms with Crippen molar-refractivity contribution < 1.29 is 32.3 Å². The number of benzene rings is 1. The average Bonchev–Trinajstić information content (AvgIpc) is 2.97. The zero-order valence-electron chi connectivity index (χ0n) is 17.4. The van der Waals surface area contributed by atoms with Crippen molar-refractivity contribution in [3.05, 3.63) is 46.4 Å². The lowest BCUT2D eigenvalue weighted by molar-refractivity contribution is -0.0512. The molecule has 30 heavy (non-hydrogen) atoms. The summed E-state index contributed by atoms with van der Waals surface area (Å²) in [4.78, 5) is 25.0. The summed E-state index contributed by atoms with van der Waals surface area (Å²) >= 11 is 0. The van der Waals surface area contributed by atoms with Gasteiger partial charge in [-0.1, -0.05) is 19.9 Å². The predicted octanol–water partition coefficient (Wildman–Crippen LogP) is 4.33. The number of carbonyl (C=O) groups is 2. The van der Waals surface area contributed by atoms with E-state index in [1.165, 1.54) is 13.2 Å². The van der Waals surface area contributed by atoms with Crippen molar-refractivity contribution in [1.82, 2.24) is 5.32 Å². The summed E-state index contributed by atoms with van der Waals surface area (Å²) in [6.45, 7) is 3.07. The minimum absolute atomic E-state index is 0.000230. The van der Waals surface area contributed by atoms with Crippen molar-refractivity contribution in [2.75, 3.05) is 13.7 Å². The normalized spacial score (nSPS) is 15.1. The molecule has 6 nitrogen and oxygen atoms in total. The van der Waals surface area contributed by atoms with Gasteiger partial charge < -0.3 is 19.2 Å². The van der Waals surface area contributed by atoms with Gasteiger partial charge in [0, 0.05) is 24.9 Å². The van der Waals surface area contributed by atoms with E-state index < -0.39 is 12.5 Å². The first-order chi connectivity index (χ1) is 14.1. The molecule has 0 aliphatic heterocycles. The Kier molecular flexibility index (Phi) is 6.14. The lowest BCUT2D eigenvalue weighted by Gasteiger charge is -2.27. The Balaban J connectivity index is 1.65. The molecule has 8 heteroatoms. The largest absolute Gasteiger partial charge is 0.493 e. The van der Waals surface area contributed by atoms with Gasteiger partial charge in [0.2, 0.25) is 0 Å². The molecule has 1 aliphatic rings. The maximum absolute atomic E-state index is 12.6. The standard InChI is InChI=1S/C22H25F2NO5/c1-12-18-14(26)10-22(2,3)11-17(18)29-19(12)20(27)25-8-7-13-5-6-15(30-21(23)24)16(9-13)28-4/h5-6,9,21H,7-8,10-11H2,1-4H3,(H,25,27). The van der Waals surface area contributed by atoms with Gasteiger partial charge in [0.05, 0.1) is 12.7 Å². The van der Waals surface area contributed by atoms with Crippen molar-refractivity contribution in [2.24, 2.45) is 5.41 Å². The molecule has 2 aromatic rings. The van der Waals surface area contributed by atoms with Crippen LogP contribution >= 0.6 is 0 Å². The van der Waals surface area contributed by atoms with Crippen molar-refractivity contribution in [2.45, 2.75) is 46.6 Å². The van der Waals surface area contributed by atoms with Gasteiger partial charge in [0.15, 0.2) is 23.0 Å². The zero-order valence-corrected chi connectivity index (χ0v) is 17.4. The van der Waals surface area contributed by atoms with Gasteiger partial charge in [-0.25, -0.2) is 0 Å². The van der Waals surface area contributed by atoms with Crippen LogP contribution in [-0.2, 0) is 12.8 Å². The Morgan fingerprint density at radius 3 is 2.67 bits per heavy atom. The topological polar surface area (TPSA) is 77.8 Å². The third-order valence-electron chi connectivity index (χ3n) is 5.13. The molecule has 0 bridgehead atoms. The number of alkyl halides is 2. The number of nitrogens with one attached hydrogen (secondary N) is 1. The Labute approximate surface area is 173 Å². The van der Waals surface area contributed by atoms with Crippen LogP contribution < -0.4 is 14.8 Å². The highest BCUT2D eigenvalue weighted by molar-refractivity contribution is 6.03. The van der Waals surface area contributed by atoms with E-state index in [2.05, 4.69) is 10.1 Å². The second-order valence-electron chi connectivity index (χ2n) is 8.16. The lowest BCUT2D eigenvalue weighted by atomic mass is 9.76. The molecular formula is C22H25F2NO5. The van der Waals surface area contributed by atoms with E-state index in [1.54, 1.807) is 19.1 Å². The summed E-state index contributed by atoms with van der Waals surface area (Å²) < 4.78 is 40.1. The molecule has 1 N–H and O–H groups in total. The molecule has 1 heterocycles. The molecule has 3 rings (SSSR count). The molecule has 0 fully saturated rings. The van der Waals surface area contributed by atoms with Gasteiger partial charge >= 0.3 is 6.61 Å². The van der Waals surface area contributed by atoms with Gasteiger partial charge in [0.25, 0.3) is 5.91 Å². The number of carbonyl (C=O) groups excluding carboxylic acids is 2. The lowest BCUT2D eigenvalue weighted by Crippen LogP contribution is -2.26. The molecule has 0 unspecified atom stereocenters. The summed E-state index contributed by atoms with van der Waals surface area (Å²) in [7, 11) is 1.36. The Morgan fingerprint density at radius 2 is 2.00 bits per heavy atom. The number of furan rings is 1. The second kappa shape index (κ2) is 8.45. The molecule has 1 aromatic heterocycles. The first-order valence-corrected chi connectivity index (χ1v) is 9.66. The smallest absolute Gasteiger partial charge is 0.387 e. The van der Waals surface area contributed by atoms with Crippen molar-refractivity contribution >= 4 is 11.7 Å². The third kappa shape index (κ3) is 4.63. The number of ether oxygens (including phenoxy) is 2. The number of halogens is 2. The molecule has 162 valence electrons. The maximum atomic E-state index is 12.6. The quantitative estimate of drug-likeness (QED) is 0.720. The number of Topliss-reactive ketones (excluding diaryl/α,β-unsaturated/α-hetero) is 1. The molecular weight excluding hydrogens is 396 g/mol. The van der Waals surface area contributed by atoms with Gasteiger partial charge in [-0.2, -0.15) is 8.78 Å². The summed E-state index contributed by atoms with van der Waals surface area (Å²) in [6.07, 6.45) is 1.48. The molecule has 0 saturated heterocycles. The van der Waals surface area contributed by atoms with Gasteiger partial charge in [-0.05, 0) is 36.5 Å². The molecule has 0 spiro atoms. The van der Waals surface area contributed by atoms with Crippen LogP contribution in [0.2, 0.25) is 0 Å². The number of hydrogen-bond donors (Lipinski definition) is 1. The fourth-order valence-electron chi connectivity index (χ4n) is 3.76. The number of ketones is 1. The molecule has 0 atom stereocenters. The fourth-order valence-corrected chi connectivity index (χ4v) is 3.76. The van der Waals surface area contributed by atoms with E-state index in [-0.39, 0.29) is 28.5 Å². The molecule has 1 aromatic carbocycles. The zero-order chi connectivity index (χ0) is 22.1. The van der Waals surface area contributed by atoms with Crippen molar-refractivity contribution in [1.29, 1.82) is 0 Å². The number of hydrogen-bond acceptors (Lipinski definition) is 5. The SMILES string of the molecule is COc1cc(CCNC(=O)c2oc3c(c2C)C(=O)CC(C)(C)C3)ccc1OC(F)F. The highest BCUT2D eigenvalue weighted by atomic mass is 19.3. The number of fused-ring (bicyclic) bond motifs is 1. The summed E-state index contributed by atoms with van der Waals surface area (Å²) in [5.41, 5.74) is 1.68. The van der Waals surface area contributed by atoms with E-state index in [0.29, 0.717) is 42.7 Å². The molecule has 1 aliphatic carbocycles. The van der Waals surface area contributed by atoms with Crippen LogP contribution in [0, 0.1) is 12.3 Å². The third-order valence-corrected chi connectivity index (χ3v) is 5.13. The van der Waals surface area contributed by atoms with E-state index in [0.717, 1.165) is 5.56 Å². The fraction of sp³-hybridized carbons (Fsp3) is 0.455. The number of rotatable bonds is 7.